The predicted octanol–water partition coefficient (Wildman–Crippen LogP) is 2.90. The molecule has 1 aliphatic rings. The van der Waals surface area contributed by atoms with Gasteiger partial charge >= 0.3 is 0 Å². The van der Waals surface area contributed by atoms with Gasteiger partial charge in [0.25, 0.3) is 11.1 Å². The molecular weight excluding hydrogens is 294 g/mol. The van der Waals surface area contributed by atoms with Gasteiger partial charge in [-0.2, -0.15) is 0 Å². The molecular formula is C13H15N3O2S2. The van der Waals surface area contributed by atoms with Crippen LogP contribution in [-0.4, -0.2) is 39.8 Å². The maximum absolute atomic E-state index is 12.0. The molecule has 20 heavy (non-hydrogen) atoms. The Balaban J connectivity index is 1.54. The summed E-state index contributed by atoms with van der Waals surface area (Å²) < 4.78 is 5.55. The SMILES string of the molecule is O=C(CSc1nnc(-c2cccs2)o1)N1CCCCC1. The quantitative estimate of drug-likeness (QED) is 0.813. The number of thioether (sulfide) groups is 1. The first-order valence-electron chi connectivity index (χ1n) is 6.61. The third-order valence-electron chi connectivity index (χ3n) is 3.17. The van der Waals surface area contributed by atoms with Gasteiger partial charge in [-0.05, 0) is 30.7 Å². The summed E-state index contributed by atoms with van der Waals surface area (Å²) in [6.07, 6.45) is 3.45. The first-order chi connectivity index (χ1) is 9.83. The zero-order chi connectivity index (χ0) is 13.8. The van der Waals surface area contributed by atoms with Crippen LogP contribution in [0.2, 0.25) is 0 Å². The summed E-state index contributed by atoms with van der Waals surface area (Å²) in [7, 11) is 0. The lowest BCUT2D eigenvalue weighted by Gasteiger charge is -2.26. The van der Waals surface area contributed by atoms with Crippen LogP contribution in [0.15, 0.2) is 27.2 Å². The van der Waals surface area contributed by atoms with Crippen LogP contribution in [0.1, 0.15) is 19.3 Å². The van der Waals surface area contributed by atoms with Crippen molar-refractivity contribution in [3.8, 4) is 10.8 Å². The molecule has 0 saturated carbocycles. The fraction of sp³-hybridized carbons (Fsp3) is 0.462. The number of likely N-dealkylation sites (tertiary alicyclic amines) is 1. The predicted molar refractivity (Wildman–Crippen MR) is 78.8 cm³/mol. The van der Waals surface area contributed by atoms with Crippen LogP contribution in [0, 0.1) is 0 Å². The topological polar surface area (TPSA) is 59.2 Å². The summed E-state index contributed by atoms with van der Waals surface area (Å²) in [6.45, 7) is 1.76. The van der Waals surface area contributed by atoms with Crippen LogP contribution in [0.3, 0.4) is 0 Å². The molecule has 0 radical (unpaired) electrons. The lowest BCUT2D eigenvalue weighted by molar-refractivity contribution is -0.129. The molecule has 0 aliphatic carbocycles. The van der Waals surface area contributed by atoms with Crippen molar-refractivity contribution < 1.29 is 9.21 Å². The molecule has 1 aliphatic heterocycles. The fourth-order valence-corrected chi connectivity index (χ4v) is 3.44. The van der Waals surface area contributed by atoms with Crippen LogP contribution in [0.4, 0.5) is 0 Å². The summed E-state index contributed by atoms with van der Waals surface area (Å²) in [5.74, 6) is 1.05. The Morgan fingerprint density at radius 2 is 2.20 bits per heavy atom. The van der Waals surface area contributed by atoms with Gasteiger partial charge < -0.3 is 9.32 Å². The van der Waals surface area contributed by atoms with Gasteiger partial charge in [0.2, 0.25) is 5.91 Å². The van der Waals surface area contributed by atoms with Crippen LogP contribution in [-0.2, 0) is 4.79 Å². The summed E-state index contributed by atoms with van der Waals surface area (Å²) in [5, 5.41) is 10.4. The molecule has 2 aromatic heterocycles. The smallest absolute Gasteiger partial charge is 0.277 e. The highest BCUT2D eigenvalue weighted by Gasteiger charge is 2.18. The number of carbonyl (C=O) groups is 1. The van der Waals surface area contributed by atoms with E-state index in [-0.39, 0.29) is 5.91 Å². The number of piperidine rings is 1. The Morgan fingerprint density at radius 3 is 2.95 bits per heavy atom. The van der Waals surface area contributed by atoms with E-state index in [0.29, 0.717) is 16.9 Å². The van der Waals surface area contributed by atoms with E-state index in [2.05, 4.69) is 10.2 Å². The number of thiophene rings is 1. The normalized spacial score (nSPS) is 15.5. The Labute approximate surface area is 125 Å². The average Bonchev–Trinajstić information content (AvgIpc) is 3.16. The van der Waals surface area contributed by atoms with E-state index < -0.39 is 0 Å². The molecule has 1 amide bonds. The Kier molecular flexibility index (Phi) is 4.37. The monoisotopic (exact) mass is 309 g/mol. The molecule has 7 heteroatoms. The van der Waals surface area contributed by atoms with Crippen molar-refractivity contribution in [2.45, 2.75) is 24.5 Å². The minimum Gasteiger partial charge on any atom is -0.410 e. The van der Waals surface area contributed by atoms with Gasteiger partial charge in [0.05, 0.1) is 10.6 Å². The van der Waals surface area contributed by atoms with Crippen molar-refractivity contribution in [2.24, 2.45) is 0 Å². The molecule has 0 atom stereocenters. The van der Waals surface area contributed by atoms with Crippen molar-refractivity contribution in [3.63, 3.8) is 0 Å². The van der Waals surface area contributed by atoms with E-state index in [1.807, 2.05) is 22.4 Å². The van der Waals surface area contributed by atoms with E-state index in [9.17, 15) is 4.79 Å². The van der Waals surface area contributed by atoms with Crippen LogP contribution in [0.25, 0.3) is 10.8 Å². The van der Waals surface area contributed by atoms with Gasteiger partial charge in [-0.1, -0.05) is 17.8 Å². The summed E-state index contributed by atoms with van der Waals surface area (Å²) in [5.41, 5.74) is 0. The maximum atomic E-state index is 12.0. The molecule has 3 rings (SSSR count). The van der Waals surface area contributed by atoms with Crippen LogP contribution in [0.5, 0.6) is 0 Å². The molecule has 5 nitrogen and oxygen atoms in total. The highest BCUT2D eigenvalue weighted by atomic mass is 32.2. The van der Waals surface area contributed by atoms with Crippen LogP contribution >= 0.6 is 23.1 Å². The third-order valence-corrected chi connectivity index (χ3v) is 4.83. The van der Waals surface area contributed by atoms with Gasteiger partial charge in [0, 0.05) is 13.1 Å². The van der Waals surface area contributed by atoms with E-state index in [4.69, 9.17) is 4.42 Å². The Bertz CT molecular complexity index is 562. The second kappa shape index (κ2) is 6.41. The molecule has 0 spiro atoms. The number of hydrogen-bond donors (Lipinski definition) is 0. The number of hydrogen-bond acceptors (Lipinski definition) is 6. The van der Waals surface area contributed by atoms with Gasteiger partial charge in [0.15, 0.2) is 0 Å². The third kappa shape index (κ3) is 3.21. The van der Waals surface area contributed by atoms with E-state index in [0.717, 1.165) is 30.8 Å². The highest BCUT2D eigenvalue weighted by molar-refractivity contribution is 7.99. The summed E-state index contributed by atoms with van der Waals surface area (Å²) in [6, 6.07) is 3.88. The molecule has 3 heterocycles. The summed E-state index contributed by atoms with van der Waals surface area (Å²) in [4.78, 5) is 14.9. The summed E-state index contributed by atoms with van der Waals surface area (Å²) >= 11 is 2.87. The van der Waals surface area contributed by atoms with Gasteiger partial charge in [0.1, 0.15) is 0 Å². The molecule has 1 fully saturated rings. The van der Waals surface area contributed by atoms with Gasteiger partial charge in [-0.3, -0.25) is 4.79 Å². The zero-order valence-electron chi connectivity index (χ0n) is 10.9. The number of amides is 1. The number of nitrogens with zero attached hydrogens (tertiary/aromatic N) is 3. The largest absolute Gasteiger partial charge is 0.410 e. The van der Waals surface area contributed by atoms with E-state index in [1.54, 1.807) is 11.3 Å². The van der Waals surface area contributed by atoms with Crippen LogP contribution < -0.4 is 0 Å². The van der Waals surface area contributed by atoms with Crippen molar-refractivity contribution in [1.29, 1.82) is 0 Å². The lowest BCUT2D eigenvalue weighted by atomic mass is 10.1. The number of rotatable bonds is 4. The second-order valence-electron chi connectivity index (χ2n) is 4.58. The zero-order valence-corrected chi connectivity index (χ0v) is 12.6. The molecule has 0 N–H and O–H groups in total. The minimum atomic E-state index is 0.158. The maximum Gasteiger partial charge on any atom is 0.277 e. The minimum absolute atomic E-state index is 0.158. The van der Waals surface area contributed by atoms with E-state index in [1.165, 1.54) is 18.2 Å². The first-order valence-corrected chi connectivity index (χ1v) is 8.47. The van der Waals surface area contributed by atoms with Gasteiger partial charge in [-0.15, -0.1) is 21.5 Å². The first kappa shape index (κ1) is 13.6. The lowest BCUT2D eigenvalue weighted by Crippen LogP contribution is -2.36. The van der Waals surface area contributed by atoms with Crippen molar-refractivity contribution >= 4 is 29.0 Å². The second-order valence-corrected chi connectivity index (χ2v) is 6.45. The molecule has 106 valence electrons. The standard InChI is InChI=1S/C13H15N3O2S2/c17-11(16-6-2-1-3-7-16)9-20-13-15-14-12(18-13)10-5-4-8-19-10/h4-5,8H,1-3,6-7,9H2. The number of carbonyl (C=O) groups excluding carboxylic acids is 1. The molecule has 1 saturated heterocycles. The number of aromatic nitrogens is 2. The molecule has 0 bridgehead atoms. The Hall–Kier alpha value is -1.34. The Morgan fingerprint density at radius 1 is 1.35 bits per heavy atom. The fourth-order valence-electron chi connectivity index (χ4n) is 2.13. The van der Waals surface area contributed by atoms with Crippen molar-refractivity contribution in [2.75, 3.05) is 18.8 Å². The van der Waals surface area contributed by atoms with Gasteiger partial charge in [-0.25, -0.2) is 0 Å². The molecule has 2 aromatic rings. The van der Waals surface area contributed by atoms with Crippen molar-refractivity contribution in [1.82, 2.24) is 15.1 Å². The van der Waals surface area contributed by atoms with Crippen molar-refractivity contribution in [3.05, 3.63) is 17.5 Å². The van der Waals surface area contributed by atoms with E-state index >= 15 is 0 Å². The highest BCUT2D eigenvalue weighted by Crippen LogP contribution is 2.26. The average molecular weight is 309 g/mol. The molecule has 0 aromatic carbocycles. The molecule has 0 unspecified atom stereocenters.